The molecule has 2 rings (SSSR count). The summed E-state index contributed by atoms with van der Waals surface area (Å²) in [5.41, 5.74) is 2.50. The summed E-state index contributed by atoms with van der Waals surface area (Å²) in [6.45, 7) is 11.3. The number of hydrogen-bond donors (Lipinski definition) is 0. The molecule has 128 valence electrons. The van der Waals surface area contributed by atoms with Crippen molar-refractivity contribution in [1.29, 1.82) is 0 Å². The van der Waals surface area contributed by atoms with Gasteiger partial charge >= 0.3 is 0 Å². The second kappa shape index (κ2) is 10.2. The van der Waals surface area contributed by atoms with Gasteiger partial charge in [0.2, 0.25) is 0 Å². The molecule has 1 atom stereocenters. The van der Waals surface area contributed by atoms with Gasteiger partial charge in [0.25, 0.3) is 0 Å². The van der Waals surface area contributed by atoms with Crippen molar-refractivity contribution >= 4 is 5.69 Å². The van der Waals surface area contributed by atoms with Crippen LogP contribution < -0.4 is 4.74 Å². The van der Waals surface area contributed by atoms with Crippen molar-refractivity contribution in [3.8, 4) is 17.6 Å². The molecule has 2 nitrogen and oxygen atoms in total. The predicted octanol–water partition coefficient (Wildman–Crippen LogP) is 6.37. The zero-order valence-electron chi connectivity index (χ0n) is 15.1. The van der Waals surface area contributed by atoms with E-state index >= 15 is 0 Å². The van der Waals surface area contributed by atoms with Crippen LogP contribution >= 0.6 is 0 Å². The first-order valence-electron chi connectivity index (χ1n) is 8.97. The maximum Gasteiger partial charge on any atom is 0.187 e. The van der Waals surface area contributed by atoms with Gasteiger partial charge in [-0.1, -0.05) is 62.3 Å². The van der Waals surface area contributed by atoms with E-state index in [4.69, 9.17) is 11.3 Å². The molecular weight excluding hydrogens is 306 g/mol. The maximum absolute atomic E-state index is 6.95. The summed E-state index contributed by atoms with van der Waals surface area (Å²) in [5.74, 6) is 7.16. The van der Waals surface area contributed by atoms with Crippen LogP contribution in [-0.4, -0.2) is 6.10 Å². The minimum atomic E-state index is 0.245. The first kappa shape index (κ1) is 18.6. The molecule has 2 aromatic rings. The second-order valence-electron chi connectivity index (χ2n) is 6.21. The lowest BCUT2D eigenvalue weighted by atomic mass is 10.1. The minimum Gasteiger partial charge on any atom is -0.491 e. The Morgan fingerprint density at radius 3 is 2.08 bits per heavy atom. The zero-order chi connectivity index (χ0) is 17.9. The molecule has 0 fully saturated rings. The first-order chi connectivity index (χ1) is 12.2. The van der Waals surface area contributed by atoms with Crippen LogP contribution in [0.5, 0.6) is 5.75 Å². The smallest absolute Gasteiger partial charge is 0.187 e. The molecule has 2 aromatic carbocycles. The van der Waals surface area contributed by atoms with Gasteiger partial charge in [0.1, 0.15) is 5.75 Å². The van der Waals surface area contributed by atoms with Crippen molar-refractivity contribution in [3.05, 3.63) is 71.1 Å². The Morgan fingerprint density at radius 1 is 0.920 bits per heavy atom. The highest BCUT2D eigenvalue weighted by Crippen LogP contribution is 2.16. The summed E-state index contributed by atoms with van der Waals surface area (Å²) in [6.07, 6.45) is 6.43. The van der Waals surface area contributed by atoms with Crippen molar-refractivity contribution in [2.75, 3.05) is 0 Å². The zero-order valence-corrected chi connectivity index (χ0v) is 15.1. The Labute approximate surface area is 151 Å². The average molecular weight is 331 g/mol. The number of nitrogens with zero attached hydrogens (tertiary/aromatic N) is 1. The Kier molecular flexibility index (Phi) is 7.61. The monoisotopic (exact) mass is 331 g/mol. The Hall–Kier alpha value is -2.71. The van der Waals surface area contributed by atoms with Gasteiger partial charge in [-0.25, -0.2) is 4.85 Å². The van der Waals surface area contributed by atoms with Crippen LogP contribution in [0.15, 0.2) is 48.5 Å². The summed E-state index contributed by atoms with van der Waals surface area (Å²) < 4.78 is 5.96. The molecule has 0 radical (unpaired) electrons. The molecule has 0 N–H and O–H groups in total. The van der Waals surface area contributed by atoms with Crippen LogP contribution in [0.1, 0.15) is 57.1 Å². The third-order valence-electron chi connectivity index (χ3n) is 4.00. The number of rotatable bonds is 7. The Bertz CT molecular complexity index is 742. The lowest BCUT2D eigenvalue weighted by Crippen LogP contribution is -2.11. The van der Waals surface area contributed by atoms with Crippen LogP contribution in [0.2, 0.25) is 0 Å². The summed E-state index contributed by atoms with van der Waals surface area (Å²) in [5, 5.41) is 0. The van der Waals surface area contributed by atoms with E-state index in [0.29, 0.717) is 5.69 Å². The molecule has 0 aliphatic rings. The molecule has 0 saturated carbocycles. The lowest BCUT2D eigenvalue weighted by molar-refractivity contribution is 0.206. The van der Waals surface area contributed by atoms with Crippen LogP contribution in [0.4, 0.5) is 5.69 Å². The van der Waals surface area contributed by atoms with Gasteiger partial charge in [-0.05, 0) is 44.0 Å². The molecule has 0 aliphatic carbocycles. The van der Waals surface area contributed by atoms with Crippen LogP contribution in [0, 0.1) is 18.4 Å². The Balaban J connectivity index is 1.87. The van der Waals surface area contributed by atoms with Crippen LogP contribution in [0.25, 0.3) is 4.85 Å². The second-order valence-corrected chi connectivity index (χ2v) is 6.21. The van der Waals surface area contributed by atoms with Gasteiger partial charge in [-0.15, -0.1) is 0 Å². The standard InChI is InChI=1S/C23H25NO/c1-4-5-6-7-8-19(2)25-23-17-13-21(14-18-23)10-9-20-11-15-22(24-3)16-12-20/h11-19H,4-8H2,1-2H3/t19-/m0/s1. The number of benzene rings is 2. The Morgan fingerprint density at radius 2 is 1.52 bits per heavy atom. The van der Waals surface area contributed by atoms with E-state index in [2.05, 4.69) is 30.5 Å². The van der Waals surface area contributed by atoms with Gasteiger partial charge in [-0.3, -0.25) is 0 Å². The van der Waals surface area contributed by atoms with Gasteiger partial charge in [0.05, 0.1) is 12.7 Å². The number of unbranched alkanes of at least 4 members (excludes halogenated alkanes) is 3. The quantitative estimate of drug-likeness (QED) is 0.326. The largest absolute Gasteiger partial charge is 0.491 e. The molecule has 2 heteroatoms. The fourth-order valence-electron chi connectivity index (χ4n) is 2.53. The molecular formula is C23H25NO. The summed E-state index contributed by atoms with van der Waals surface area (Å²) in [4.78, 5) is 3.38. The molecule has 0 aliphatic heterocycles. The highest BCUT2D eigenvalue weighted by molar-refractivity contribution is 5.50. The van der Waals surface area contributed by atoms with E-state index in [-0.39, 0.29) is 6.10 Å². The van der Waals surface area contributed by atoms with Gasteiger partial charge < -0.3 is 4.74 Å². The summed E-state index contributed by atoms with van der Waals surface area (Å²) in [7, 11) is 0. The molecule has 0 aromatic heterocycles. The van der Waals surface area contributed by atoms with Gasteiger partial charge in [0, 0.05) is 11.1 Å². The van der Waals surface area contributed by atoms with Crippen LogP contribution in [-0.2, 0) is 0 Å². The maximum atomic E-state index is 6.95. The van der Waals surface area contributed by atoms with Crippen molar-refractivity contribution in [2.45, 2.75) is 52.1 Å². The SMILES string of the molecule is [C-]#[N+]c1ccc(C#Cc2ccc(O[C@@H](C)CCCCCC)cc2)cc1. The van der Waals surface area contributed by atoms with Crippen LogP contribution in [0.3, 0.4) is 0 Å². The van der Waals surface area contributed by atoms with Crippen molar-refractivity contribution in [1.82, 2.24) is 0 Å². The topological polar surface area (TPSA) is 13.6 Å². The third kappa shape index (κ3) is 6.74. The molecule has 0 amide bonds. The molecule has 0 spiro atoms. The lowest BCUT2D eigenvalue weighted by Gasteiger charge is -2.14. The third-order valence-corrected chi connectivity index (χ3v) is 4.00. The molecule has 0 unspecified atom stereocenters. The fourth-order valence-corrected chi connectivity index (χ4v) is 2.53. The fraction of sp³-hybridized carbons (Fsp3) is 0.348. The average Bonchev–Trinajstić information content (AvgIpc) is 2.65. The predicted molar refractivity (Wildman–Crippen MR) is 104 cm³/mol. The summed E-state index contributed by atoms with van der Waals surface area (Å²) >= 11 is 0. The van der Waals surface area contributed by atoms with E-state index in [1.165, 1.54) is 25.7 Å². The summed E-state index contributed by atoms with van der Waals surface area (Å²) in [6, 6.07) is 15.3. The van der Waals surface area contributed by atoms with E-state index in [1.54, 1.807) is 12.1 Å². The molecule has 0 saturated heterocycles. The first-order valence-corrected chi connectivity index (χ1v) is 8.97. The van der Waals surface area contributed by atoms with E-state index in [9.17, 15) is 0 Å². The van der Waals surface area contributed by atoms with Gasteiger partial charge in [-0.2, -0.15) is 0 Å². The minimum absolute atomic E-state index is 0.245. The number of hydrogen-bond acceptors (Lipinski definition) is 1. The van der Waals surface area contributed by atoms with Crippen molar-refractivity contribution in [3.63, 3.8) is 0 Å². The molecule has 0 heterocycles. The highest BCUT2D eigenvalue weighted by atomic mass is 16.5. The highest BCUT2D eigenvalue weighted by Gasteiger charge is 2.03. The normalized spacial score (nSPS) is 11.1. The number of ether oxygens (including phenoxy) is 1. The van der Waals surface area contributed by atoms with E-state index < -0.39 is 0 Å². The molecule has 0 bridgehead atoms. The molecule has 25 heavy (non-hydrogen) atoms. The van der Waals surface area contributed by atoms with E-state index in [0.717, 1.165) is 23.3 Å². The van der Waals surface area contributed by atoms with Gasteiger partial charge in [0.15, 0.2) is 5.69 Å². The van der Waals surface area contributed by atoms with Crippen molar-refractivity contribution < 1.29 is 4.74 Å². The van der Waals surface area contributed by atoms with Crippen molar-refractivity contribution in [2.24, 2.45) is 0 Å². The van der Waals surface area contributed by atoms with E-state index in [1.807, 2.05) is 36.4 Å².